The molecule has 3 heterocycles. The number of fused-ring (bicyclic) bond motifs is 3. The molecule has 1 aliphatic heterocycles. The van der Waals surface area contributed by atoms with Crippen LogP contribution in [0.15, 0.2) is 59.5 Å². The third-order valence-electron chi connectivity index (χ3n) is 6.13. The number of aromatic nitrogens is 2. The Labute approximate surface area is 175 Å². The summed E-state index contributed by atoms with van der Waals surface area (Å²) in [7, 11) is 4.26. The van der Waals surface area contributed by atoms with Crippen LogP contribution in [0.1, 0.15) is 12.0 Å². The number of likely N-dealkylation sites (N-methyl/N-ethyl adjacent to an activating group) is 2. The van der Waals surface area contributed by atoms with Crippen molar-refractivity contribution >= 4 is 27.3 Å². The molecule has 0 radical (unpaired) electrons. The normalized spacial score (nSPS) is 17.6. The maximum absolute atomic E-state index is 13.1. The van der Waals surface area contributed by atoms with Crippen molar-refractivity contribution in [1.82, 2.24) is 19.2 Å². The van der Waals surface area contributed by atoms with Crippen LogP contribution in [0.4, 0.5) is 0 Å². The monoisotopic (exact) mass is 402 g/mol. The molecule has 0 N–H and O–H groups in total. The minimum atomic E-state index is -0.0475. The fraction of sp³-hybridized carbons (Fsp3) is 0.333. The van der Waals surface area contributed by atoms with Crippen molar-refractivity contribution < 1.29 is 4.74 Å². The maximum atomic E-state index is 13.1. The summed E-state index contributed by atoms with van der Waals surface area (Å²) in [5.74, 6) is 0. The molecule has 1 saturated heterocycles. The first-order valence-corrected chi connectivity index (χ1v) is 10.4. The van der Waals surface area contributed by atoms with E-state index in [0.29, 0.717) is 30.4 Å². The second-order valence-electron chi connectivity index (χ2n) is 8.30. The number of nitrogens with zero attached hydrogens (tertiary/aromatic N) is 4. The summed E-state index contributed by atoms with van der Waals surface area (Å²) in [6.07, 6.45) is 2.95. The Kier molecular flexibility index (Phi) is 4.98. The predicted molar refractivity (Wildman–Crippen MR) is 120 cm³/mol. The van der Waals surface area contributed by atoms with Gasteiger partial charge < -0.3 is 9.64 Å². The molecular formula is C24H26N4O2. The average Bonchev–Trinajstić information content (AvgIpc) is 3.19. The quantitative estimate of drug-likeness (QED) is 0.379. The van der Waals surface area contributed by atoms with Gasteiger partial charge in [-0.1, -0.05) is 30.3 Å². The van der Waals surface area contributed by atoms with Crippen LogP contribution in [-0.4, -0.2) is 59.1 Å². The fourth-order valence-corrected chi connectivity index (χ4v) is 4.36. The second-order valence-corrected chi connectivity index (χ2v) is 8.30. The maximum Gasteiger partial charge on any atom is 0.265 e. The Balaban J connectivity index is 1.45. The van der Waals surface area contributed by atoms with E-state index in [0.717, 1.165) is 34.9 Å². The molecule has 30 heavy (non-hydrogen) atoms. The van der Waals surface area contributed by atoms with Gasteiger partial charge in [0.25, 0.3) is 5.56 Å². The van der Waals surface area contributed by atoms with E-state index in [2.05, 4.69) is 23.9 Å². The first kappa shape index (κ1) is 19.2. The van der Waals surface area contributed by atoms with Gasteiger partial charge in [-0.2, -0.15) is 0 Å². The Hall–Kier alpha value is -2.80. The van der Waals surface area contributed by atoms with Crippen LogP contribution < -0.4 is 5.56 Å². The topological polar surface area (TPSA) is 50.1 Å². The molecule has 6 nitrogen and oxygen atoms in total. The molecule has 2 aromatic heterocycles. The highest BCUT2D eigenvalue weighted by Gasteiger charge is 2.23. The van der Waals surface area contributed by atoms with E-state index in [1.807, 2.05) is 48.5 Å². The summed E-state index contributed by atoms with van der Waals surface area (Å²) in [6.45, 7) is 3.18. The van der Waals surface area contributed by atoms with Gasteiger partial charge in [-0.15, -0.1) is 0 Å². The number of benzene rings is 2. The Bertz CT molecular complexity index is 1280. The van der Waals surface area contributed by atoms with Crippen LogP contribution in [0.2, 0.25) is 0 Å². The summed E-state index contributed by atoms with van der Waals surface area (Å²) in [5, 5.41) is 2.76. The van der Waals surface area contributed by atoms with Gasteiger partial charge in [0.15, 0.2) is 0 Å². The minimum absolute atomic E-state index is 0.0475. The molecule has 5 rings (SSSR count). The van der Waals surface area contributed by atoms with Crippen molar-refractivity contribution in [2.24, 2.45) is 0 Å². The van der Waals surface area contributed by atoms with Crippen LogP contribution >= 0.6 is 0 Å². The Morgan fingerprint density at radius 1 is 1.17 bits per heavy atom. The van der Waals surface area contributed by atoms with Gasteiger partial charge >= 0.3 is 0 Å². The number of ether oxygens (including phenoxy) is 1. The van der Waals surface area contributed by atoms with Gasteiger partial charge in [0.05, 0.1) is 24.2 Å². The second kappa shape index (κ2) is 7.80. The lowest BCUT2D eigenvalue weighted by Crippen LogP contribution is -2.35. The van der Waals surface area contributed by atoms with Crippen LogP contribution in [0.3, 0.4) is 0 Å². The summed E-state index contributed by atoms with van der Waals surface area (Å²) in [6, 6.07) is 16.4. The van der Waals surface area contributed by atoms with E-state index in [1.54, 1.807) is 10.6 Å². The average molecular weight is 402 g/mol. The third-order valence-corrected chi connectivity index (χ3v) is 6.13. The molecular weight excluding hydrogens is 376 g/mol. The van der Waals surface area contributed by atoms with Crippen LogP contribution in [0.25, 0.3) is 27.3 Å². The van der Waals surface area contributed by atoms with E-state index in [1.165, 1.54) is 6.42 Å². The zero-order valence-corrected chi connectivity index (χ0v) is 17.4. The predicted octanol–water partition coefficient (Wildman–Crippen LogP) is 3.11. The van der Waals surface area contributed by atoms with Gasteiger partial charge in [-0.25, -0.2) is 4.98 Å². The third kappa shape index (κ3) is 3.47. The first-order chi connectivity index (χ1) is 14.6. The Morgan fingerprint density at radius 2 is 1.97 bits per heavy atom. The van der Waals surface area contributed by atoms with Gasteiger partial charge in [0, 0.05) is 24.3 Å². The molecule has 154 valence electrons. The molecule has 0 spiro atoms. The first-order valence-electron chi connectivity index (χ1n) is 10.4. The highest BCUT2D eigenvalue weighted by atomic mass is 16.5. The molecule has 0 aliphatic carbocycles. The molecule has 0 saturated carbocycles. The highest BCUT2D eigenvalue weighted by molar-refractivity contribution is 5.96. The lowest BCUT2D eigenvalue weighted by Gasteiger charge is -2.23. The molecule has 6 heteroatoms. The fourth-order valence-electron chi connectivity index (χ4n) is 4.36. The van der Waals surface area contributed by atoms with Crippen LogP contribution in [-0.2, 0) is 11.3 Å². The summed E-state index contributed by atoms with van der Waals surface area (Å²) >= 11 is 0. The van der Waals surface area contributed by atoms with Gasteiger partial charge in [0.2, 0.25) is 0 Å². The van der Waals surface area contributed by atoms with Crippen molar-refractivity contribution in [3.8, 4) is 0 Å². The highest BCUT2D eigenvalue weighted by Crippen LogP contribution is 2.21. The van der Waals surface area contributed by atoms with Crippen LogP contribution in [0.5, 0.6) is 0 Å². The smallest absolute Gasteiger partial charge is 0.265 e. The molecule has 0 amide bonds. The van der Waals surface area contributed by atoms with E-state index in [4.69, 9.17) is 9.72 Å². The molecule has 2 aromatic carbocycles. The van der Waals surface area contributed by atoms with E-state index in [-0.39, 0.29) is 5.56 Å². The van der Waals surface area contributed by atoms with E-state index < -0.39 is 0 Å². The van der Waals surface area contributed by atoms with Gasteiger partial charge in [0.1, 0.15) is 5.65 Å². The lowest BCUT2D eigenvalue weighted by atomic mass is 10.1. The Morgan fingerprint density at radius 3 is 2.73 bits per heavy atom. The van der Waals surface area contributed by atoms with Crippen molar-refractivity contribution in [1.29, 1.82) is 0 Å². The standard InChI is InChI=1S/C24H26N4O2/c1-26-11-9-20(14-26)27(2)16-30-15-19-8-5-10-28-23(19)25-22-13-18-7-4-3-6-17(18)12-21(22)24(28)29/h3-8,10,12-13,20H,9,11,14-16H2,1-2H3. The summed E-state index contributed by atoms with van der Waals surface area (Å²) < 4.78 is 7.64. The zero-order chi connectivity index (χ0) is 20.7. The lowest BCUT2D eigenvalue weighted by molar-refractivity contribution is 0.0137. The van der Waals surface area contributed by atoms with Gasteiger partial charge in [-0.3, -0.25) is 14.1 Å². The van der Waals surface area contributed by atoms with Gasteiger partial charge in [-0.05, 0) is 56.0 Å². The van der Waals surface area contributed by atoms with Crippen molar-refractivity contribution in [3.05, 3.63) is 70.6 Å². The van der Waals surface area contributed by atoms with Crippen LogP contribution in [0, 0.1) is 0 Å². The molecule has 4 aromatic rings. The zero-order valence-electron chi connectivity index (χ0n) is 17.4. The SMILES string of the molecule is CN1CCC(N(C)COCc2cccn3c(=O)c4cc5ccccc5cc4nc23)C1. The number of hydrogen-bond donors (Lipinski definition) is 0. The number of pyridine rings is 1. The number of likely N-dealkylation sites (tertiary alicyclic amines) is 1. The summed E-state index contributed by atoms with van der Waals surface area (Å²) in [4.78, 5) is 22.6. The number of rotatable bonds is 5. The summed E-state index contributed by atoms with van der Waals surface area (Å²) in [5.41, 5.74) is 2.25. The molecule has 1 atom stereocenters. The van der Waals surface area contributed by atoms with Crippen molar-refractivity contribution in [2.75, 3.05) is 33.9 Å². The van der Waals surface area contributed by atoms with Crippen molar-refractivity contribution in [2.45, 2.75) is 19.1 Å². The minimum Gasteiger partial charge on any atom is -0.361 e. The van der Waals surface area contributed by atoms with E-state index in [9.17, 15) is 4.79 Å². The molecule has 1 fully saturated rings. The largest absolute Gasteiger partial charge is 0.361 e. The van der Waals surface area contributed by atoms with E-state index >= 15 is 0 Å². The van der Waals surface area contributed by atoms with Crippen molar-refractivity contribution in [3.63, 3.8) is 0 Å². The molecule has 1 aliphatic rings. The molecule has 0 bridgehead atoms. The number of hydrogen-bond acceptors (Lipinski definition) is 5. The molecule has 1 unspecified atom stereocenters.